The van der Waals surface area contributed by atoms with E-state index in [0.717, 1.165) is 29.1 Å². The van der Waals surface area contributed by atoms with Crippen molar-refractivity contribution in [3.05, 3.63) is 36.0 Å². The molecule has 0 saturated heterocycles. The van der Waals surface area contributed by atoms with Crippen LogP contribution in [0.2, 0.25) is 0 Å². The lowest BCUT2D eigenvalue weighted by molar-refractivity contribution is 0.0877. The molecule has 0 unspecified atom stereocenters. The molecule has 0 fully saturated rings. The monoisotopic (exact) mass is 244 g/mol. The Morgan fingerprint density at radius 2 is 2.28 bits per heavy atom. The SMILES string of the molecule is CCc1cc2n(n1)C[C@H](O)COc1ccccc1-2. The van der Waals surface area contributed by atoms with Crippen LogP contribution in [0, 0.1) is 0 Å². The van der Waals surface area contributed by atoms with E-state index in [0.29, 0.717) is 13.2 Å². The van der Waals surface area contributed by atoms with E-state index in [9.17, 15) is 5.11 Å². The van der Waals surface area contributed by atoms with Gasteiger partial charge in [0.25, 0.3) is 0 Å². The fourth-order valence-corrected chi connectivity index (χ4v) is 2.24. The van der Waals surface area contributed by atoms with Crippen LogP contribution in [0.1, 0.15) is 12.6 Å². The van der Waals surface area contributed by atoms with Crippen molar-refractivity contribution in [1.29, 1.82) is 0 Å². The number of fused-ring (bicyclic) bond motifs is 3. The first-order valence-corrected chi connectivity index (χ1v) is 6.25. The van der Waals surface area contributed by atoms with Gasteiger partial charge in [0.1, 0.15) is 18.5 Å². The van der Waals surface area contributed by atoms with Crippen LogP contribution in [-0.2, 0) is 13.0 Å². The molecule has 1 aliphatic rings. The van der Waals surface area contributed by atoms with Crippen LogP contribution in [0.25, 0.3) is 11.3 Å². The lowest BCUT2D eigenvalue weighted by atomic mass is 10.1. The molecule has 0 bridgehead atoms. The van der Waals surface area contributed by atoms with E-state index in [1.54, 1.807) is 0 Å². The number of benzene rings is 1. The number of aliphatic hydroxyl groups is 1. The molecule has 0 saturated carbocycles. The van der Waals surface area contributed by atoms with Crippen molar-refractivity contribution < 1.29 is 9.84 Å². The molecule has 0 amide bonds. The van der Waals surface area contributed by atoms with Crippen LogP contribution >= 0.6 is 0 Å². The molecule has 18 heavy (non-hydrogen) atoms. The molecule has 2 heterocycles. The first-order chi connectivity index (χ1) is 8.78. The Morgan fingerprint density at radius 3 is 3.11 bits per heavy atom. The van der Waals surface area contributed by atoms with Crippen molar-refractivity contribution in [2.75, 3.05) is 6.61 Å². The van der Waals surface area contributed by atoms with E-state index >= 15 is 0 Å². The minimum Gasteiger partial charge on any atom is -0.490 e. The molecule has 3 rings (SSSR count). The normalized spacial score (nSPS) is 18.2. The molecule has 4 heteroatoms. The van der Waals surface area contributed by atoms with Crippen LogP contribution in [-0.4, -0.2) is 27.6 Å². The maximum Gasteiger partial charge on any atom is 0.128 e. The molecule has 1 aromatic carbocycles. The number of ether oxygens (including phenoxy) is 1. The summed E-state index contributed by atoms with van der Waals surface area (Å²) in [5.74, 6) is 0.806. The standard InChI is InChI=1S/C14H16N2O2/c1-2-10-7-13-12-5-3-4-6-14(12)18-9-11(17)8-16(13)15-10/h3-7,11,17H,2,8-9H2,1H3/t11-/m0/s1. The third-order valence-electron chi connectivity index (χ3n) is 3.17. The number of hydrogen-bond acceptors (Lipinski definition) is 3. The molecule has 94 valence electrons. The minimum atomic E-state index is -0.526. The average Bonchev–Trinajstić information content (AvgIpc) is 2.77. The number of aliphatic hydroxyl groups excluding tert-OH is 1. The summed E-state index contributed by atoms with van der Waals surface area (Å²) in [4.78, 5) is 0. The van der Waals surface area contributed by atoms with Crippen molar-refractivity contribution in [2.45, 2.75) is 26.0 Å². The molecule has 1 aromatic heterocycles. The van der Waals surface area contributed by atoms with Gasteiger partial charge in [-0.05, 0) is 24.6 Å². The number of para-hydroxylation sites is 1. The highest BCUT2D eigenvalue weighted by Crippen LogP contribution is 2.32. The lowest BCUT2D eigenvalue weighted by Crippen LogP contribution is -2.26. The largest absolute Gasteiger partial charge is 0.490 e. The molecule has 0 aliphatic carbocycles. The molecule has 0 spiro atoms. The third kappa shape index (κ3) is 1.88. The maximum absolute atomic E-state index is 9.88. The Kier molecular flexibility index (Phi) is 2.80. The number of aryl methyl sites for hydroxylation is 1. The highest BCUT2D eigenvalue weighted by atomic mass is 16.5. The first kappa shape index (κ1) is 11.3. The third-order valence-corrected chi connectivity index (χ3v) is 3.17. The Hall–Kier alpha value is -1.81. The zero-order valence-corrected chi connectivity index (χ0v) is 10.3. The summed E-state index contributed by atoms with van der Waals surface area (Å²) in [6, 6.07) is 9.95. The summed E-state index contributed by atoms with van der Waals surface area (Å²) in [5.41, 5.74) is 3.09. The van der Waals surface area contributed by atoms with Crippen molar-refractivity contribution >= 4 is 0 Å². The predicted molar refractivity (Wildman–Crippen MR) is 68.5 cm³/mol. The number of rotatable bonds is 1. The van der Waals surface area contributed by atoms with Crippen LogP contribution in [0.3, 0.4) is 0 Å². The van der Waals surface area contributed by atoms with Crippen LogP contribution in [0.5, 0.6) is 5.75 Å². The molecule has 0 radical (unpaired) electrons. The Balaban J connectivity index is 2.17. The molecule has 4 nitrogen and oxygen atoms in total. The molecular weight excluding hydrogens is 228 g/mol. The number of hydrogen-bond donors (Lipinski definition) is 1. The van der Waals surface area contributed by atoms with Crippen molar-refractivity contribution in [3.8, 4) is 17.0 Å². The fourth-order valence-electron chi connectivity index (χ4n) is 2.24. The second kappa shape index (κ2) is 4.46. The van der Waals surface area contributed by atoms with E-state index in [1.807, 2.05) is 28.9 Å². The molecule has 1 atom stereocenters. The highest BCUT2D eigenvalue weighted by Gasteiger charge is 2.19. The molecule has 2 aromatic rings. The van der Waals surface area contributed by atoms with Crippen molar-refractivity contribution in [2.24, 2.45) is 0 Å². The summed E-state index contributed by atoms with van der Waals surface area (Å²) in [6.07, 6.45) is 0.362. The summed E-state index contributed by atoms with van der Waals surface area (Å²) in [5, 5.41) is 14.4. The molecular formula is C14H16N2O2. The summed E-state index contributed by atoms with van der Waals surface area (Å²) >= 11 is 0. The van der Waals surface area contributed by atoms with Gasteiger partial charge in [-0.25, -0.2) is 0 Å². The van der Waals surface area contributed by atoms with Gasteiger partial charge in [0, 0.05) is 5.56 Å². The van der Waals surface area contributed by atoms with Gasteiger partial charge in [0.15, 0.2) is 0 Å². The van der Waals surface area contributed by atoms with Crippen LogP contribution < -0.4 is 4.74 Å². The Labute approximate surface area is 106 Å². The zero-order valence-electron chi connectivity index (χ0n) is 10.3. The van der Waals surface area contributed by atoms with Crippen molar-refractivity contribution in [3.63, 3.8) is 0 Å². The van der Waals surface area contributed by atoms with E-state index < -0.39 is 6.10 Å². The minimum absolute atomic E-state index is 0.303. The molecule has 1 N–H and O–H groups in total. The lowest BCUT2D eigenvalue weighted by Gasteiger charge is -2.20. The number of nitrogens with zero attached hydrogens (tertiary/aromatic N) is 2. The quantitative estimate of drug-likeness (QED) is 0.833. The van der Waals surface area contributed by atoms with Gasteiger partial charge in [-0.3, -0.25) is 4.68 Å². The van der Waals surface area contributed by atoms with E-state index in [-0.39, 0.29) is 0 Å². The van der Waals surface area contributed by atoms with E-state index in [4.69, 9.17) is 4.74 Å². The smallest absolute Gasteiger partial charge is 0.128 e. The van der Waals surface area contributed by atoms with Gasteiger partial charge < -0.3 is 9.84 Å². The van der Waals surface area contributed by atoms with Gasteiger partial charge in [-0.15, -0.1) is 0 Å². The second-order valence-electron chi connectivity index (χ2n) is 4.52. The maximum atomic E-state index is 9.88. The van der Waals surface area contributed by atoms with E-state index in [1.165, 1.54) is 0 Å². The molecule has 1 aliphatic heterocycles. The van der Waals surface area contributed by atoms with Crippen molar-refractivity contribution in [1.82, 2.24) is 9.78 Å². The van der Waals surface area contributed by atoms with Crippen LogP contribution in [0.15, 0.2) is 30.3 Å². The Bertz CT molecular complexity index is 563. The summed E-state index contributed by atoms with van der Waals surface area (Å²) in [7, 11) is 0. The topological polar surface area (TPSA) is 47.3 Å². The summed E-state index contributed by atoms with van der Waals surface area (Å²) < 4.78 is 7.53. The first-order valence-electron chi connectivity index (χ1n) is 6.25. The summed E-state index contributed by atoms with van der Waals surface area (Å²) in [6.45, 7) is 2.86. The Morgan fingerprint density at radius 1 is 1.44 bits per heavy atom. The predicted octanol–water partition coefficient (Wildman–Crippen LogP) is 1.87. The van der Waals surface area contributed by atoms with Gasteiger partial charge in [-0.1, -0.05) is 19.1 Å². The average molecular weight is 244 g/mol. The van der Waals surface area contributed by atoms with Gasteiger partial charge in [-0.2, -0.15) is 5.10 Å². The highest BCUT2D eigenvalue weighted by molar-refractivity contribution is 5.68. The van der Waals surface area contributed by atoms with E-state index in [2.05, 4.69) is 18.1 Å². The fraction of sp³-hybridized carbons (Fsp3) is 0.357. The number of aromatic nitrogens is 2. The second-order valence-corrected chi connectivity index (χ2v) is 4.52. The van der Waals surface area contributed by atoms with Crippen LogP contribution in [0.4, 0.5) is 0 Å². The van der Waals surface area contributed by atoms with Gasteiger partial charge in [0.05, 0.1) is 17.9 Å². The zero-order chi connectivity index (χ0) is 12.5. The van der Waals surface area contributed by atoms with Gasteiger partial charge in [0.2, 0.25) is 0 Å². The van der Waals surface area contributed by atoms with Gasteiger partial charge >= 0.3 is 0 Å².